The largest absolute Gasteiger partial charge is 0.494 e. The van der Waals surface area contributed by atoms with Crippen molar-refractivity contribution in [2.24, 2.45) is 0 Å². The lowest BCUT2D eigenvalue weighted by Crippen LogP contribution is -2.53. The first-order valence-corrected chi connectivity index (χ1v) is 6.12. The highest BCUT2D eigenvalue weighted by Gasteiger charge is 2.49. The highest BCUT2D eigenvalue weighted by Crippen LogP contribution is 2.34. The molecule has 100 valence electrons. The number of hydrogen-bond donors (Lipinski definition) is 1. The molecule has 0 spiro atoms. The van der Waals surface area contributed by atoms with Crippen molar-refractivity contribution in [3.8, 4) is 0 Å². The molecule has 2 heterocycles. The van der Waals surface area contributed by atoms with Crippen LogP contribution in [-0.4, -0.2) is 47.2 Å². The van der Waals surface area contributed by atoms with Gasteiger partial charge in [-0.3, -0.25) is 4.79 Å². The van der Waals surface area contributed by atoms with Crippen molar-refractivity contribution in [3.05, 3.63) is 12.0 Å². The average molecular weight is 255 g/mol. The number of nitrogens with zero attached hydrogens (tertiary/aromatic N) is 1. The van der Waals surface area contributed by atoms with E-state index in [1.807, 2.05) is 0 Å². The molecule has 6 heteroatoms. The van der Waals surface area contributed by atoms with Gasteiger partial charge in [-0.15, -0.1) is 0 Å². The first-order chi connectivity index (χ1) is 8.62. The summed E-state index contributed by atoms with van der Waals surface area (Å²) < 4.78 is 10.3. The molecule has 1 N–H and O–H groups in total. The Labute approximate surface area is 105 Å². The molecule has 2 aliphatic heterocycles. The van der Waals surface area contributed by atoms with Crippen LogP contribution in [0.5, 0.6) is 0 Å². The molecule has 1 unspecified atom stereocenters. The predicted octanol–water partition coefficient (Wildman–Crippen LogP) is 0.730. The zero-order chi connectivity index (χ0) is 13.2. The van der Waals surface area contributed by atoms with E-state index < -0.39 is 17.4 Å². The lowest BCUT2D eigenvalue weighted by atomic mass is 9.93. The number of carboxylic acids is 1. The molecule has 0 saturated carbocycles. The van der Waals surface area contributed by atoms with Crippen LogP contribution >= 0.6 is 0 Å². The van der Waals surface area contributed by atoms with Crippen LogP contribution in [0.3, 0.4) is 0 Å². The molecule has 2 aliphatic rings. The maximum absolute atomic E-state index is 12.3. The van der Waals surface area contributed by atoms with Crippen LogP contribution in [0, 0.1) is 0 Å². The van der Waals surface area contributed by atoms with E-state index in [1.54, 1.807) is 6.92 Å². The van der Waals surface area contributed by atoms with Crippen molar-refractivity contribution in [2.75, 3.05) is 19.8 Å². The Morgan fingerprint density at radius 1 is 1.50 bits per heavy atom. The number of aliphatic carboxylic acids is 1. The van der Waals surface area contributed by atoms with Gasteiger partial charge in [-0.25, -0.2) is 4.79 Å². The maximum Gasteiger partial charge on any atom is 0.329 e. The van der Waals surface area contributed by atoms with Crippen LogP contribution in [0.4, 0.5) is 0 Å². The van der Waals surface area contributed by atoms with Gasteiger partial charge < -0.3 is 19.5 Å². The lowest BCUT2D eigenvalue weighted by Gasteiger charge is -2.34. The third-order valence-electron chi connectivity index (χ3n) is 3.58. The lowest BCUT2D eigenvalue weighted by molar-refractivity contribution is -0.157. The predicted molar refractivity (Wildman–Crippen MR) is 61.6 cm³/mol. The Balaban J connectivity index is 2.23. The molecular formula is C12H17NO5. The summed E-state index contributed by atoms with van der Waals surface area (Å²) in [6.07, 6.45) is 2.84. The standard InChI is InChI=1S/C12H17NO5/c1-2-12(11(15)16)4-3-5-13(12)10(14)9-8-17-6-7-18-9/h8H,2-7H2,1H3,(H,15,16). The average Bonchev–Trinajstić information content (AvgIpc) is 2.84. The van der Waals surface area contributed by atoms with Crippen molar-refractivity contribution in [2.45, 2.75) is 31.7 Å². The van der Waals surface area contributed by atoms with Gasteiger partial charge in [0.15, 0.2) is 0 Å². The number of carbonyl (C=O) groups is 2. The number of carboxylic acid groups (broad SMARTS) is 1. The highest BCUT2D eigenvalue weighted by molar-refractivity contribution is 5.96. The van der Waals surface area contributed by atoms with E-state index in [0.717, 1.165) is 0 Å². The summed E-state index contributed by atoms with van der Waals surface area (Å²) >= 11 is 0. The second-order valence-electron chi connectivity index (χ2n) is 4.45. The van der Waals surface area contributed by atoms with Gasteiger partial charge in [0.2, 0.25) is 5.76 Å². The zero-order valence-corrected chi connectivity index (χ0v) is 10.3. The van der Waals surface area contributed by atoms with Crippen LogP contribution in [0.1, 0.15) is 26.2 Å². The SMILES string of the molecule is CCC1(C(=O)O)CCCN1C(=O)C1=COCCO1. The van der Waals surface area contributed by atoms with E-state index in [4.69, 9.17) is 9.47 Å². The number of hydrogen-bond acceptors (Lipinski definition) is 4. The van der Waals surface area contributed by atoms with E-state index in [0.29, 0.717) is 39.0 Å². The molecular weight excluding hydrogens is 238 g/mol. The Morgan fingerprint density at radius 3 is 2.83 bits per heavy atom. The number of rotatable bonds is 3. The smallest absolute Gasteiger partial charge is 0.329 e. The fourth-order valence-electron chi connectivity index (χ4n) is 2.53. The van der Waals surface area contributed by atoms with Crippen molar-refractivity contribution in [1.82, 2.24) is 4.90 Å². The maximum atomic E-state index is 12.3. The molecule has 0 aromatic carbocycles. The molecule has 2 rings (SSSR count). The number of likely N-dealkylation sites (tertiary alicyclic amines) is 1. The monoisotopic (exact) mass is 255 g/mol. The summed E-state index contributed by atoms with van der Waals surface area (Å²) in [5, 5.41) is 9.40. The van der Waals surface area contributed by atoms with Gasteiger partial charge in [0, 0.05) is 6.54 Å². The van der Waals surface area contributed by atoms with Crippen LogP contribution < -0.4 is 0 Å². The van der Waals surface area contributed by atoms with E-state index >= 15 is 0 Å². The number of ether oxygens (including phenoxy) is 2. The van der Waals surface area contributed by atoms with Gasteiger partial charge in [0.1, 0.15) is 25.0 Å². The van der Waals surface area contributed by atoms with Crippen LogP contribution in [0.15, 0.2) is 12.0 Å². The second-order valence-corrected chi connectivity index (χ2v) is 4.45. The Bertz CT molecular complexity index is 392. The van der Waals surface area contributed by atoms with Gasteiger partial charge in [0.25, 0.3) is 5.91 Å². The molecule has 1 atom stereocenters. The van der Waals surface area contributed by atoms with Crippen LogP contribution in [0.2, 0.25) is 0 Å². The minimum Gasteiger partial charge on any atom is -0.494 e. The normalized spacial score (nSPS) is 27.2. The van der Waals surface area contributed by atoms with Crippen molar-refractivity contribution in [1.29, 1.82) is 0 Å². The molecule has 1 saturated heterocycles. The third kappa shape index (κ3) is 1.91. The van der Waals surface area contributed by atoms with Crippen molar-refractivity contribution in [3.63, 3.8) is 0 Å². The van der Waals surface area contributed by atoms with Crippen LogP contribution in [0.25, 0.3) is 0 Å². The molecule has 6 nitrogen and oxygen atoms in total. The minimum absolute atomic E-state index is 0.0993. The Hall–Kier alpha value is -1.72. The number of amides is 1. The summed E-state index contributed by atoms with van der Waals surface area (Å²) in [6.45, 7) is 2.96. The highest BCUT2D eigenvalue weighted by atomic mass is 16.6. The molecule has 0 radical (unpaired) electrons. The van der Waals surface area contributed by atoms with Gasteiger partial charge in [-0.1, -0.05) is 6.92 Å². The number of carbonyl (C=O) groups excluding carboxylic acids is 1. The summed E-state index contributed by atoms with van der Waals surface area (Å²) in [5.41, 5.74) is -1.10. The van der Waals surface area contributed by atoms with E-state index in [1.165, 1.54) is 11.2 Å². The Morgan fingerprint density at radius 2 is 2.28 bits per heavy atom. The second kappa shape index (κ2) is 4.88. The molecule has 0 aromatic rings. The fourth-order valence-corrected chi connectivity index (χ4v) is 2.53. The quantitative estimate of drug-likeness (QED) is 0.804. The first-order valence-electron chi connectivity index (χ1n) is 6.12. The van der Waals surface area contributed by atoms with Gasteiger partial charge in [0.05, 0.1) is 0 Å². The first kappa shape index (κ1) is 12.7. The Kier molecular flexibility index (Phi) is 3.45. The van der Waals surface area contributed by atoms with Crippen LogP contribution in [-0.2, 0) is 19.1 Å². The fraction of sp³-hybridized carbons (Fsp3) is 0.667. The topological polar surface area (TPSA) is 76.1 Å². The van der Waals surface area contributed by atoms with Crippen molar-refractivity contribution >= 4 is 11.9 Å². The molecule has 0 bridgehead atoms. The van der Waals surface area contributed by atoms with Gasteiger partial charge >= 0.3 is 5.97 Å². The zero-order valence-electron chi connectivity index (χ0n) is 10.3. The minimum atomic E-state index is -1.10. The summed E-state index contributed by atoms with van der Waals surface area (Å²) in [7, 11) is 0. The molecule has 0 aromatic heterocycles. The van der Waals surface area contributed by atoms with E-state index in [9.17, 15) is 14.7 Å². The molecule has 1 fully saturated rings. The van der Waals surface area contributed by atoms with Gasteiger partial charge in [-0.2, -0.15) is 0 Å². The summed E-state index contributed by atoms with van der Waals surface area (Å²) in [6, 6.07) is 0. The third-order valence-corrected chi connectivity index (χ3v) is 3.58. The molecule has 1 amide bonds. The summed E-state index contributed by atoms with van der Waals surface area (Å²) in [4.78, 5) is 25.1. The summed E-state index contributed by atoms with van der Waals surface area (Å²) in [5.74, 6) is -1.24. The van der Waals surface area contributed by atoms with Gasteiger partial charge in [-0.05, 0) is 19.3 Å². The van der Waals surface area contributed by atoms with E-state index in [2.05, 4.69) is 0 Å². The molecule has 18 heavy (non-hydrogen) atoms. The molecule has 0 aliphatic carbocycles. The van der Waals surface area contributed by atoms with Crippen molar-refractivity contribution < 1.29 is 24.2 Å². The van der Waals surface area contributed by atoms with E-state index in [-0.39, 0.29) is 5.76 Å².